The van der Waals surface area contributed by atoms with Crippen molar-refractivity contribution < 1.29 is 9.59 Å². The summed E-state index contributed by atoms with van der Waals surface area (Å²) in [6.07, 6.45) is 0.466. The zero-order valence-electron chi connectivity index (χ0n) is 19.1. The maximum absolute atomic E-state index is 13.7. The lowest BCUT2D eigenvalue weighted by atomic mass is 9.90. The van der Waals surface area contributed by atoms with E-state index in [1.807, 2.05) is 95.9 Å². The lowest BCUT2D eigenvalue weighted by Gasteiger charge is -2.35. The summed E-state index contributed by atoms with van der Waals surface area (Å²) in [5, 5.41) is 3.13. The second kappa shape index (κ2) is 10.9. The summed E-state index contributed by atoms with van der Waals surface area (Å²) in [6.45, 7) is 3.04. The summed E-state index contributed by atoms with van der Waals surface area (Å²) < 4.78 is 0. The van der Waals surface area contributed by atoms with Crippen LogP contribution in [-0.2, 0) is 16.0 Å². The molecule has 1 saturated heterocycles. The Kier molecular flexibility index (Phi) is 7.53. The minimum absolute atomic E-state index is 0.0137. The van der Waals surface area contributed by atoms with E-state index >= 15 is 0 Å². The van der Waals surface area contributed by atoms with Gasteiger partial charge in [-0.3, -0.25) is 9.59 Å². The van der Waals surface area contributed by atoms with Gasteiger partial charge in [0.1, 0.15) is 6.04 Å². The number of amides is 2. The number of rotatable bonds is 7. The lowest BCUT2D eigenvalue weighted by Crippen LogP contribution is -2.55. The zero-order valence-corrected chi connectivity index (χ0v) is 19.1. The highest BCUT2D eigenvalue weighted by Crippen LogP contribution is 2.25. The minimum Gasteiger partial charge on any atom is -0.343 e. The molecule has 0 saturated carbocycles. The molecule has 0 spiro atoms. The van der Waals surface area contributed by atoms with Crippen LogP contribution >= 0.6 is 0 Å². The van der Waals surface area contributed by atoms with Crippen LogP contribution in [0, 0.1) is 0 Å². The Morgan fingerprint density at radius 3 is 1.76 bits per heavy atom. The van der Waals surface area contributed by atoms with Gasteiger partial charge in [0.15, 0.2) is 0 Å². The normalized spacial score (nSPS) is 15.3. The first-order chi connectivity index (χ1) is 16.1. The fourth-order valence-corrected chi connectivity index (χ4v) is 4.34. The van der Waals surface area contributed by atoms with E-state index < -0.39 is 12.0 Å². The van der Waals surface area contributed by atoms with E-state index in [-0.39, 0.29) is 11.8 Å². The summed E-state index contributed by atoms with van der Waals surface area (Å²) in [5.74, 6) is -0.651. The van der Waals surface area contributed by atoms with E-state index in [1.165, 1.54) is 0 Å². The highest BCUT2D eigenvalue weighted by atomic mass is 16.2. The second-order valence-electron chi connectivity index (χ2n) is 8.63. The molecule has 5 heteroatoms. The summed E-state index contributed by atoms with van der Waals surface area (Å²) >= 11 is 0. The van der Waals surface area contributed by atoms with Crippen molar-refractivity contribution in [1.82, 2.24) is 15.1 Å². The van der Waals surface area contributed by atoms with Crippen LogP contribution < -0.4 is 5.32 Å². The number of nitrogens with zero attached hydrogens (tertiary/aromatic N) is 2. The molecule has 1 aliphatic heterocycles. The predicted molar refractivity (Wildman–Crippen MR) is 131 cm³/mol. The molecular formula is C28H31N3O2. The zero-order chi connectivity index (χ0) is 23.0. The molecule has 0 aliphatic carbocycles. The van der Waals surface area contributed by atoms with Crippen molar-refractivity contribution in [3.8, 4) is 0 Å². The molecule has 0 aromatic heterocycles. The molecule has 5 nitrogen and oxygen atoms in total. The van der Waals surface area contributed by atoms with Crippen LogP contribution in [-0.4, -0.2) is 60.9 Å². The van der Waals surface area contributed by atoms with Gasteiger partial charge in [-0.25, -0.2) is 0 Å². The molecule has 33 heavy (non-hydrogen) atoms. The van der Waals surface area contributed by atoms with Crippen molar-refractivity contribution in [1.29, 1.82) is 0 Å². The third-order valence-electron chi connectivity index (χ3n) is 6.24. The van der Waals surface area contributed by atoms with Crippen LogP contribution in [0.3, 0.4) is 0 Å². The van der Waals surface area contributed by atoms with Gasteiger partial charge in [-0.2, -0.15) is 0 Å². The fourth-order valence-electron chi connectivity index (χ4n) is 4.34. The molecule has 1 aliphatic rings. The number of benzene rings is 3. The summed E-state index contributed by atoms with van der Waals surface area (Å²) in [6, 6.07) is 28.8. The molecule has 1 N–H and O–H groups in total. The van der Waals surface area contributed by atoms with E-state index in [1.54, 1.807) is 0 Å². The number of nitrogens with one attached hydrogen (secondary N) is 1. The van der Waals surface area contributed by atoms with Crippen molar-refractivity contribution in [2.75, 3.05) is 33.2 Å². The van der Waals surface area contributed by atoms with Gasteiger partial charge in [0.05, 0.1) is 5.92 Å². The molecule has 0 radical (unpaired) electrons. The first-order valence-electron chi connectivity index (χ1n) is 11.5. The van der Waals surface area contributed by atoms with Crippen LogP contribution in [0.4, 0.5) is 0 Å². The van der Waals surface area contributed by atoms with Crippen LogP contribution in [0.25, 0.3) is 0 Å². The highest BCUT2D eigenvalue weighted by Gasteiger charge is 2.31. The van der Waals surface area contributed by atoms with E-state index in [9.17, 15) is 9.59 Å². The Morgan fingerprint density at radius 2 is 1.24 bits per heavy atom. The summed E-state index contributed by atoms with van der Waals surface area (Å²) in [4.78, 5) is 31.3. The monoisotopic (exact) mass is 441 g/mol. The number of likely N-dealkylation sites (N-methyl/N-ethyl adjacent to an activating group) is 1. The van der Waals surface area contributed by atoms with Gasteiger partial charge < -0.3 is 15.1 Å². The van der Waals surface area contributed by atoms with Crippen molar-refractivity contribution >= 4 is 11.8 Å². The topological polar surface area (TPSA) is 52.6 Å². The van der Waals surface area contributed by atoms with Gasteiger partial charge in [-0.15, -0.1) is 0 Å². The number of carbonyl (C=O) groups excluding carboxylic acids is 2. The van der Waals surface area contributed by atoms with Crippen molar-refractivity contribution in [2.24, 2.45) is 0 Å². The van der Waals surface area contributed by atoms with Crippen LogP contribution in [0.2, 0.25) is 0 Å². The first kappa shape index (κ1) is 22.7. The largest absolute Gasteiger partial charge is 0.343 e. The molecule has 3 aromatic rings. The third kappa shape index (κ3) is 5.88. The van der Waals surface area contributed by atoms with Gasteiger partial charge in [0, 0.05) is 32.6 Å². The van der Waals surface area contributed by atoms with E-state index in [0.29, 0.717) is 19.5 Å². The SMILES string of the molecule is CN1CCN(C(=O)[C@@H](Cc2ccccc2)NC(=O)C(c2ccccc2)c2ccccc2)CC1. The molecule has 0 unspecified atom stereocenters. The van der Waals surface area contributed by atoms with Crippen LogP contribution in [0.1, 0.15) is 22.6 Å². The van der Waals surface area contributed by atoms with Crippen molar-refractivity contribution in [3.63, 3.8) is 0 Å². The molecule has 2 amide bonds. The quantitative estimate of drug-likeness (QED) is 0.612. The van der Waals surface area contributed by atoms with Gasteiger partial charge in [-0.1, -0.05) is 91.0 Å². The van der Waals surface area contributed by atoms with Gasteiger partial charge in [0.25, 0.3) is 0 Å². The standard InChI is InChI=1S/C28H31N3O2/c1-30-17-19-31(20-18-30)28(33)25(21-22-11-5-2-6-12-22)29-27(32)26(23-13-7-3-8-14-23)24-15-9-4-10-16-24/h2-16,25-26H,17-21H2,1H3,(H,29,32)/t25-/m1/s1. The predicted octanol–water partition coefficient (Wildman–Crippen LogP) is 3.32. The van der Waals surface area contributed by atoms with Gasteiger partial charge in [-0.05, 0) is 23.7 Å². The Hall–Kier alpha value is -3.44. The maximum atomic E-state index is 13.7. The third-order valence-corrected chi connectivity index (χ3v) is 6.24. The Morgan fingerprint density at radius 1 is 0.758 bits per heavy atom. The number of hydrogen-bond acceptors (Lipinski definition) is 3. The van der Waals surface area contributed by atoms with Crippen LogP contribution in [0.15, 0.2) is 91.0 Å². The van der Waals surface area contributed by atoms with Gasteiger partial charge >= 0.3 is 0 Å². The van der Waals surface area contributed by atoms with Crippen LogP contribution in [0.5, 0.6) is 0 Å². The lowest BCUT2D eigenvalue weighted by molar-refractivity contribution is -0.137. The number of hydrogen-bond donors (Lipinski definition) is 1. The van der Waals surface area contributed by atoms with Crippen molar-refractivity contribution in [2.45, 2.75) is 18.4 Å². The molecular weight excluding hydrogens is 410 g/mol. The minimum atomic E-state index is -0.613. The van der Waals surface area contributed by atoms with Gasteiger partial charge in [0.2, 0.25) is 11.8 Å². The average molecular weight is 442 g/mol. The number of carbonyl (C=O) groups is 2. The summed E-state index contributed by atoms with van der Waals surface area (Å²) in [5.41, 5.74) is 2.85. The Balaban J connectivity index is 1.60. The summed E-state index contributed by atoms with van der Waals surface area (Å²) in [7, 11) is 2.06. The highest BCUT2D eigenvalue weighted by molar-refractivity contribution is 5.92. The fraction of sp³-hybridized carbons (Fsp3) is 0.286. The smallest absolute Gasteiger partial charge is 0.245 e. The maximum Gasteiger partial charge on any atom is 0.245 e. The van der Waals surface area contributed by atoms with E-state index in [4.69, 9.17) is 0 Å². The molecule has 3 aromatic carbocycles. The Bertz CT molecular complexity index is 993. The second-order valence-corrected chi connectivity index (χ2v) is 8.63. The van der Waals surface area contributed by atoms with E-state index in [2.05, 4.69) is 17.3 Å². The molecule has 1 atom stereocenters. The molecule has 0 bridgehead atoms. The van der Waals surface area contributed by atoms with Crippen molar-refractivity contribution in [3.05, 3.63) is 108 Å². The Labute approximate surface area is 196 Å². The molecule has 4 rings (SSSR count). The molecule has 170 valence electrons. The number of piperazine rings is 1. The van der Waals surface area contributed by atoms with E-state index in [0.717, 1.165) is 29.8 Å². The molecule has 1 heterocycles. The first-order valence-corrected chi connectivity index (χ1v) is 11.5. The molecule has 1 fully saturated rings. The average Bonchev–Trinajstić information content (AvgIpc) is 2.86.